The first-order chi connectivity index (χ1) is 17.3. The van der Waals surface area contributed by atoms with E-state index in [1.807, 2.05) is 36.4 Å². The molecule has 0 spiro atoms. The second kappa shape index (κ2) is 12.8. The van der Waals surface area contributed by atoms with Gasteiger partial charge >= 0.3 is 5.97 Å². The van der Waals surface area contributed by atoms with Gasteiger partial charge in [0.05, 0.1) is 27.8 Å². The first-order valence-corrected chi connectivity index (χ1v) is 11.9. The molecule has 0 aliphatic heterocycles. The Hall–Kier alpha value is -3.71. The number of halogens is 1. The summed E-state index contributed by atoms with van der Waals surface area (Å²) in [5.74, 6) is 0.144. The fraction of sp³-hybridized carbons (Fsp3) is 0.286. The monoisotopic (exact) mass is 511 g/mol. The highest BCUT2D eigenvalue weighted by atomic mass is 35.5. The van der Waals surface area contributed by atoms with Gasteiger partial charge in [0.15, 0.2) is 11.5 Å². The Morgan fingerprint density at radius 2 is 1.50 bits per heavy atom. The molecule has 0 saturated heterocycles. The molecular formula is C28H30ClNO6. The third-order valence-corrected chi connectivity index (χ3v) is 5.97. The van der Waals surface area contributed by atoms with Crippen molar-refractivity contribution in [3.05, 3.63) is 87.9 Å². The van der Waals surface area contributed by atoms with Crippen LogP contribution in [0, 0.1) is 0 Å². The summed E-state index contributed by atoms with van der Waals surface area (Å²) in [7, 11) is 4.53. The van der Waals surface area contributed by atoms with Gasteiger partial charge in [0.2, 0.25) is 5.75 Å². The first-order valence-electron chi connectivity index (χ1n) is 11.5. The molecule has 0 bridgehead atoms. The Morgan fingerprint density at radius 1 is 0.861 bits per heavy atom. The smallest absolute Gasteiger partial charge is 0.307 e. The number of carbonyl (C=O) groups is 2. The Labute approximate surface area is 216 Å². The molecule has 1 N–H and O–H groups in total. The maximum absolute atomic E-state index is 13.7. The highest BCUT2D eigenvalue weighted by Crippen LogP contribution is 2.38. The van der Waals surface area contributed by atoms with E-state index in [1.54, 1.807) is 29.2 Å². The van der Waals surface area contributed by atoms with Crippen LogP contribution < -0.4 is 14.2 Å². The molecule has 3 aromatic rings. The summed E-state index contributed by atoms with van der Waals surface area (Å²) in [4.78, 5) is 26.4. The molecular weight excluding hydrogens is 482 g/mol. The predicted molar refractivity (Wildman–Crippen MR) is 138 cm³/mol. The fourth-order valence-electron chi connectivity index (χ4n) is 3.96. The van der Waals surface area contributed by atoms with E-state index in [0.29, 0.717) is 46.5 Å². The maximum atomic E-state index is 13.7. The van der Waals surface area contributed by atoms with E-state index in [2.05, 4.69) is 0 Å². The largest absolute Gasteiger partial charge is 0.493 e. The highest BCUT2D eigenvalue weighted by Gasteiger charge is 2.21. The van der Waals surface area contributed by atoms with E-state index in [0.717, 1.165) is 24.0 Å². The second-order valence-corrected chi connectivity index (χ2v) is 8.70. The number of carboxylic acid groups (broad SMARTS) is 1. The minimum atomic E-state index is -0.886. The molecule has 8 heteroatoms. The van der Waals surface area contributed by atoms with Crippen molar-refractivity contribution in [3.63, 3.8) is 0 Å². The molecule has 0 heterocycles. The van der Waals surface area contributed by atoms with E-state index in [9.17, 15) is 9.59 Å². The van der Waals surface area contributed by atoms with Crippen molar-refractivity contribution in [2.24, 2.45) is 0 Å². The molecule has 1 amide bonds. The number of nitrogens with zero attached hydrogens (tertiary/aromatic N) is 1. The summed E-state index contributed by atoms with van der Waals surface area (Å²) < 4.78 is 16.2. The summed E-state index contributed by atoms with van der Waals surface area (Å²) in [5, 5.41) is 9.70. The third-order valence-electron chi connectivity index (χ3n) is 5.73. The van der Waals surface area contributed by atoms with Gasteiger partial charge in [-0.05, 0) is 53.8 Å². The molecule has 0 aliphatic rings. The molecule has 0 unspecified atom stereocenters. The number of aryl methyl sites for hydroxylation is 1. The molecule has 0 aliphatic carbocycles. The number of amides is 1. The number of ether oxygens (including phenoxy) is 3. The topological polar surface area (TPSA) is 85.3 Å². The molecule has 0 atom stereocenters. The zero-order chi connectivity index (χ0) is 26.1. The zero-order valence-electron chi connectivity index (χ0n) is 20.6. The molecule has 0 aromatic heterocycles. The van der Waals surface area contributed by atoms with Crippen molar-refractivity contribution in [2.45, 2.75) is 25.8 Å². The number of benzene rings is 3. The van der Waals surface area contributed by atoms with Crippen LogP contribution in [0.4, 0.5) is 0 Å². The number of carboxylic acids is 1. The predicted octanol–water partition coefficient (Wildman–Crippen LogP) is 5.27. The van der Waals surface area contributed by atoms with Gasteiger partial charge in [-0.25, -0.2) is 0 Å². The summed E-state index contributed by atoms with van der Waals surface area (Å²) in [6.07, 6.45) is 1.44. The van der Waals surface area contributed by atoms with Crippen molar-refractivity contribution in [2.75, 3.05) is 27.9 Å². The van der Waals surface area contributed by atoms with E-state index >= 15 is 0 Å². The van der Waals surface area contributed by atoms with Crippen molar-refractivity contribution in [3.8, 4) is 17.2 Å². The van der Waals surface area contributed by atoms with Gasteiger partial charge < -0.3 is 24.2 Å². The third kappa shape index (κ3) is 7.15. The average molecular weight is 512 g/mol. The molecule has 36 heavy (non-hydrogen) atoms. The van der Waals surface area contributed by atoms with E-state index in [1.165, 1.54) is 21.3 Å². The van der Waals surface area contributed by atoms with Gasteiger partial charge in [0.1, 0.15) is 0 Å². The van der Waals surface area contributed by atoms with Crippen LogP contribution in [0.2, 0.25) is 5.02 Å². The Kier molecular flexibility index (Phi) is 9.59. The van der Waals surface area contributed by atoms with E-state index in [-0.39, 0.29) is 12.3 Å². The van der Waals surface area contributed by atoms with Crippen molar-refractivity contribution in [1.82, 2.24) is 4.90 Å². The lowest BCUT2D eigenvalue weighted by molar-refractivity contribution is -0.136. The van der Waals surface area contributed by atoms with Crippen LogP contribution in [0.1, 0.15) is 33.5 Å². The van der Waals surface area contributed by atoms with Gasteiger partial charge in [-0.2, -0.15) is 0 Å². The molecule has 3 aromatic carbocycles. The van der Waals surface area contributed by atoms with Crippen molar-refractivity contribution >= 4 is 23.5 Å². The lowest BCUT2D eigenvalue weighted by atomic mass is 10.1. The van der Waals surface area contributed by atoms with E-state index < -0.39 is 5.97 Å². The van der Waals surface area contributed by atoms with Gasteiger partial charge in [0.25, 0.3) is 5.91 Å². The van der Waals surface area contributed by atoms with Gasteiger partial charge in [-0.15, -0.1) is 0 Å². The van der Waals surface area contributed by atoms with Crippen LogP contribution in [0.3, 0.4) is 0 Å². The van der Waals surface area contributed by atoms with Crippen molar-refractivity contribution in [1.29, 1.82) is 0 Å². The number of methoxy groups -OCH3 is 3. The number of rotatable bonds is 12. The molecule has 7 nitrogen and oxygen atoms in total. The Morgan fingerprint density at radius 3 is 2.06 bits per heavy atom. The van der Waals surface area contributed by atoms with E-state index in [4.69, 9.17) is 30.9 Å². The number of hydrogen-bond donors (Lipinski definition) is 1. The van der Waals surface area contributed by atoms with Crippen LogP contribution >= 0.6 is 11.6 Å². The summed E-state index contributed by atoms with van der Waals surface area (Å²) in [5.41, 5.74) is 3.11. The molecule has 190 valence electrons. The number of aliphatic carboxylic acids is 1. The molecule has 0 fully saturated rings. The number of hydrogen-bond acceptors (Lipinski definition) is 5. The minimum Gasteiger partial charge on any atom is -0.493 e. The minimum absolute atomic E-state index is 0.0476. The Bertz CT molecular complexity index is 1170. The van der Waals surface area contributed by atoms with Crippen molar-refractivity contribution < 1.29 is 28.9 Å². The fourth-order valence-corrected chi connectivity index (χ4v) is 4.18. The summed E-state index contributed by atoms with van der Waals surface area (Å²) in [6.45, 7) is 0.858. The van der Waals surface area contributed by atoms with Crippen LogP contribution in [0.25, 0.3) is 0 Å². The highest BCUT2D eigenvalue weighted by molar-refractivity contribution is 6.30. The maximum Gasteiger partial charge on any atom is 0.307 e. The van der Waals surface area contributed by atoms with Crippen LogP contribution in [0.5, 0.6) is 17.2 Å². The van der Waals surface area contributed by atoms with Crippen LogP contribution in [0.15, 0.2) is 60.7 Å². The lowest BCUT2D eigenvalue weighted by Gasteiger charge is -2.24. The SMILES string of the molecule is COc1cc(C(=O)N(CCCc2cccc(Cl)c2)Cc2ccc(CC(=O)O)cc2)cc(OC)c1OC. The van der Waals surface area contributed by atoms with Gasteiger partial charge in [0, 0.05) is 23.7 Å². The van der Waals surface area contributed by atoms with Crippen LogP contribution in [-0.2, 0) is 24.2 Å². The molecule has 0 saturated carbocycles. The lowest BCUT2D eigenvalue weighted by Crippen LogP contribution is -2.32. The standard InChI is InChI=1S/C28H30ClNO6/c1-34-24-16-22(17-25(35-2)27(24)36-3)28(33)30(13-5-7-19-6-4-8-23(29)14-19)18-21-11-9-20(10-12-21)15-26(31)32/h4,6,8-12,14,16-17H,5,7,13,15,18H2,1-3H3,(H,31,32). The quantitative estimate of drug-likeness (QED) is 0.356. The molecule has 3 rings (SSSR count). The number of carbonyl (C=O) groups excluding carboxylic acids is 1. The van der Waals surface area contributed by atoms with Gasteiger partial charge in [-0.1, -0.05) is 48.0 Å². The van der Waals surface area contributed by atoms with Crippen LogP contribution in [-0.4, -0.2) is 49.8 Å². The van der Waals surface area contributed by atoms with Gasteiger partial charge in [-0.3, -0.25) is 9.59 Å². The zero-order valence-corrected chi connectivity index (χ0v) is 21.4. The Balaban J connectivity index is 1.85. The summed E-state index contributed by atoms with van der Waals surface area (Å²) >= 11 is 6.11. The normalized spacial score (nSPS) is 10.6. The molecule has 0 radical (unpaired) electrons. The average Bonchev–Trinajstić information content (AvgIpc) is 2.87. The first kappa shape index (κ1) is 26.9. The second-order valence-electron chi connectivity index (χ2n) is 8.26. The summed E-state index contributed by atoms with van der Waals surface area (Å²) in [6, 6.07) is 18.2.